The minimum absolute atomic E-state index is 0.0404. The van der Waals surface area contributed by atoms with Gasteiger partial charge in [-0.15, -0.1) is 0 Å². The highest BCUT2D eigenvalue weighted by Gasteiger charge is 2.15. The number of nitrogens with two attached hydrogens (primary N) is 1. The first-order valence-corrected chi connectivity index (χ1v) is 7.21. The van der Waals surface area contributed by atoms with Gasteiger partial charge in [-0.25, -0.2) is 4.79 Å². The molecule has 2 aromatic carbocycles. The van der Waals surface area contributed by atoms with Crippen LogP contribution in [0, 0.1) is 0 Å². The fraction of sp³-hybridized carbons (Fsp3) is 0.111. The first kappa shape index (κ1) is 16.3. The van der Waals surface area contributed by atoms with Gasteiger partial charge in [-0.3, -0.25) is 4.79 Å². The van der Waals surface area contributed by atoms with Crippen molar-refractivity contribution in [3.05, 3.63) is 71.4 Å². The summed E-state index contributed by atoms with van der Waals surface area (Å²) in [4.78, 5) is 24.3. The van der Waals surface area contributed by atoms with E-state index >= 15 is 0 Å². The van der Waals surface area contributed by atoms with Crippen LogP contribution >= 0.6 is 0 Å². The fourth-order valence-electron chi connectivity index (χ4n) is 1.94. The van der Waals surface area contributed by atoms with Crippen LogP contribution in [-0.2, 0) is 9.53 Å². The molecule has 0 aliphatic heterocycles. The Morgan fingerprint density at radius 1 is 1.09 bits per heavy atom. The second-order valence-electron chi connectivity index (χ2n) is 4.73. The maximum atomic E-state index is 12.2. The molecule has 0 radical (unpaired) electrons. The Balaban J connectivity index is 2.30. The zero-order valence-corrected chi connectivity index (χ0v) is 12.8. The van der Waals surface area contributed by atoms with Gasteiger partial charge in [0.15, 0.2) is 0 Å². The van der Waals surface area contributed by atoms with E-state index in [4.69, 9.17) is 10.5 Å². The summed E-state index contributed by atoms with van der Waals surface area (Å²) in [5.74, 6) is -1.00. The molecule has 23 heavy (non-hydrogen) atoms. The molecule has 2 rings (SSSR count). The van der Waals surface area contributed by atoms with E-state index < -0.39 is 5.97 Å². The summed E-state index contributed by atoms with van der Waals surface area (Å²) < 4.78 is 4.99. The molecule has 0 unspecified atom stereocenters. The first-order chi connectivity index (χ1) is 11.1. The number of carbonyl (C=O) groups is 2. The van der Waals surface area contributed by atoms with E-state index in [1.54, 1.807) is 55.5 Å². The molecule has 0 aliphatic rings. The van der Waals surface area contributed by atoms with Crippen molar-refractivity contribution in [2.45, 2.75) is 6.92 Å². The molecule has 0 bridgehead atoms. The van der Waals surface area contributed by atoms with Crippen LogP contribution in [0.25, 0.3) is 6.08 Å². The molecule has 1 amide bonds. The number of benzene rings is 2. The molecule has 0 saturated heterocycles. The van der Waals surface area contributed by atoms with Crippen molar-refractivity contribution in [1.82, 2.24) is 5.32 Å². The molecule has 5 heteroatoms. The maximum absolute atomic E-state index is 12.2. The third-order valence-electron chi connectivity index (χ3n) is 3.08. The van der Waals surface area contributed by atoms with Crippen molar-refractivity contribution in [3.8, 4) is 0 Å². The summed E-state index contributed by atoms with van der Waals surface area (Å²) in [6, 6.07) is 15.7. The predicted molar refractivity (Wildman–Crippen MR) is 89.4 cm³/mol. The minimum atomic E-state index is -0.611. The number of amides is 1. The Kier molecular flexibility index (Phi) is 5.52. The number of hydrogen-bond acceptors (Lipinski definition) is 4. The number of nitrogen functional groups attached to an aromatic ring is 1. The Morgan fingerprint density at radius 2 is 1.74 bits per heavy atom. The lowest BCUT2D eigenvalue weighted by Crippen LogP contribution is -2.28. The van der Waals surface area contributed by atoms with Gasteiger partial charge in [0, 0.05) is 11.3 Å². The largest absolute Gasteiger partial charge is 0.461 e. The lowest BCUT2D eigenvalue weighted by molar-refractivity contribution is -0.138. The average Bonchev–Trinajstić information content (AvgIpc) is 2.57. The molecule has 0 saturated carbocycles. The van der Waals surface area contributed by atoms with Crippen molar-refractivity contribution >= 4 is 23.6 Å². The highest BCUT2D eigenvalue weighted by Crippen LogP contribution is 2.15. The predicted octanol–water partition coefficient (Wildman–Crippen LogP) is 2.60. The van der Waals surface area contributed by atoms with Crippen molar-refractivity contribution in [2.75, 3.05) is 12.3 Å². The number of para-hydroxylation sites is 1. The van der Waals surface area contributed by atoms with Gasteiger partial charge >= 0.3 is 5.97 Å². The van der Waals surface area contributed by atoms with Crippen LogP contribution < -0.4 is 11.1 Å². The third kappa shape index (κ3) is 4.44. The summed E-state index contributed by atoms with van der Waals surface area (Å²) in [5, 5.41) is 2.59. The summed E-state index contributed by atoms with van der Waals surface area (Å²) in [7, 11) is 0. The fourth-order valence-corrected chi connectivity index (χ4v) is 1.94. The lowest BCUT2D eigenvalue weighted by Gasteiger charge is -2.10. The van der Waals surface area contributed by atoms with Gasteiger partial charge in [0.2, 0.25) is 0 Å². The second kappa shape index (κ2) is 7.79. The van der Waals surface area contributed by atoms with Crippen LogP contribution in [-0.4, -0.2) is 18.5 Å². The topological polar surface area (TPSA) is 81.4 Å². The van der Waals surface area contributed by atoms with Gasteiger partial charge < -0.3 is 15.8 Å². The zero-order chi connectivity index (χ0) is 16.7. The van der Waals surface area contributed by atoms with E-state index in [2.05, 4.69) is 5.32 Å². The number of carbonyl (C=O) groups excluding carboxylic acids is 2. The van der Waals surface area contributed by atoms with Crippen molar-refractivity contribution in [1.29, 1.82) is 0 Å². The highest BCUT2D eigenvalue weighted by atomic mass is 16.5. The summed E-state index contributed by atoms with van der Waals surface area (Å²) in [5.41, 5.74) is 7.50. The molecule has 5 nitrogen and oxygen atoms in total. The minimum Gasteiger partial charge on any atom is -0.461 e. The average molecular weight is 310 g/mol. The van der Waals surface area contributed by atoms with Crippen LogP contribution in [0.4, 0.5) is 5.69 Å². The van der Waals surface area contributed by atoms with Crippen molar-refractivity contribution < 1.29 is 14.3 Å². The molecular weight excluding hydrogens is 292 g/mol. The number of esters is 1. The highest BCUT2D eigenvalue weighted by molar-refractivity contribution is 6.03. The van der Waals surface area contributed by atoms with E-state index in [1.165, 1.54) is 6.08 Å². The number of anilines is 1. The van der Waals surface area contributed by atoms with Gasteiger partial charge in [-0.1, -0.05) is 36.4 Å². The molecule has 0 atom stereocenters. The SMILES string of the molecule is CCOC(=O)C(=Cc1ccccc1N)NC(=O)c1ccccc1. The molecular formula is C18H18N2O3. The summed E-state index contributed by atoms with van der Waals surface area (Å²) in [6.07, 6.45) is 1.51. The molecule has 3 N–H and O–H groups in total. The lowest BCUT2D eigenvalue weighted by atomic mass is 10.1. The molecule has 0 aromatic heterocycles. The van der Waals surface area contributed by atoms with Gasteiger partial charge in [0.1, 0.15) is 5.70 Å². The second-order valence-corrected chi connectivity index (χ2v) is 4.73. The number of rotatable bonds is 5. The first-order valence-electron chi connectivity index (χ1n) is 7.21. The van der Waals surface area contributed by atoms with E-state index in [-0.39, 0.29) is 18.2 Å². The molecule has 0 heterocycles. The smallest absolute Gasteiger partial charge is 0.354 e. The molecule has 2 aromatic rings. The van der Waals surface area contributed by atoms with Gasteiger partial charge in [0.25, 0.3) is 5.91 Å². The number of hydrogen-bond donors (Lipinski definition) is 2. The van der Waals surface area contributed by atoms with Gasteiger partial charge in [-0.05, 0) is 36.8 Å². The molecule has 0 aliphatic carbocycles. The van der Waals surface area contributed by atoms with Crippen LogP contribution in [0.15, 0.2) is 60.3 Å². The Morgan fingerprint density at radius 3 is 2.39 bits per heavy atom. The van der Waals surface area contributed by atoms with Crippen molar-refractivity contribution in [2.24, 2.45) is 0 Å². The van der Waals surface area contributed by atoms with E-state index in [0.717, 1.165) is 0 Å². The normalized spacial score (nSPS) is 10.9. The number of nitrogens with one attached hydrogen (secondary N) is 1. The van der Waals surface area contributed by atoms with Crippen LogP contribution in [0.3, 0.4) is 0 Å². The Hall–Kier alpha value is -3.08. The quantitative estimate of drug-likeness (QED) is 0.505. The molecule has 0 fully saturated rings. The molecule has 118 valence electrons. The Labute approximate surface area is 134 Å². The van der Waals surface area contributed by atoms with Gasteiger partial charge in [-0.2, -0.15) is 0 Å². The summed E-state index contributed by atoms with van der Waals surface area (Å²) >= 11 is 0. The third-order valence-corrected chi connectivity index (χ3v) is 3.08. The Bertz CT molecular complexity index is 724. The van der Waals surface area contributed by atoms with E-state index in [0.29, 0.717) is 16.8 Å². The summed E-state index contributed by atoms with van der Waals surface area (Å²) in [6.45, 7) is 1.91. The molecule has 0 spiro atoms. The zero-order valence-electron chi connectivity index (χ0n) is 12.8. The number of ether oxygens (including phenoxy) is 1. The van der Waals surface area contributed by atoms with Crippen LogP contribution in [0.5, 0.6) is 0 Å². The maximum Gasteiger partial charge on any atom is 0.354 e. The van der Waals surface area contributed by atoms with Crippen LogP contribution in [0.2, 0.25) is 0 Å². The monoisotopic (exact) mass is 310 g/mol. The van der Waals surface area contributed by atoms with Crippen LogP contribution in [0.1, 0.15) is 22.8 Å². The van der Waals surface area contributed by atoms with Crippen molar-refractivity contribution in [3.63, 3.8) is 0 Å². The van der Waals surface area contributed by atoms with E-state index in [9.17, 15) is 9.59 Å². The van der Waals surface area contributed by atoms with Gasteiger partial charge in [0.05, 0.1) is 6.61 Å². The standard InChI is InChI=1S/C18H18N2O3/c1-2-23-18(22)16(12-14-10-6-7-11-15(14)19)20-17(21)13-8-4-3-5-9-13/h3-12H,2,19H2,1H3,(H,20,21). The van der Waals surface area contributed by atoms with E-state index in [1.807, 2.05) is 6.07 Å².